The monoisotopic (exact) mass is 556 g/mol. The Morgan fingerprint density at radius 1 is 0.976 bits per heavy atom. The van der Waals surface area contributed by atoms with Gasteiger partial charge in [0.1, 0.15) is 11.7 Å². The zero-order valence-corrected chi connectivity index (χ0v) is 23.2. The van der Waals surface area contributed by atoms with Crippen molar-refractivity contribution < 1.29 is 33.4 Å². The fourth-order valence-electron chi connectivity index (χ4n) is 8.89. The lowest BCUT2D eigenvalue weighted by Gasteiger charge is -2.65. The average Bonchev–Trinajstić information content (AvgIpc) is 3.63. The standard InChI is InChI=1S/C32H32N2O7/c1-17(35)39-24-10-9-20-15-25-32(41-18(2)36)12-11-23(34-29(37)21-5-3-4-6-22(21)30(34)38)28-31(32,26(20)27(24)40-28)13-14-33(25)16-19-7-8-19/h3-6,9-10,19,23,25,28H,7-8,11-16H2,1-2H3/t23-,25-,28+,31+,32?/m1/s1. The molecule has 8 rings (SSSR count). The van der Waals surface area contributed by atoms with Gasteiger partial charge in [-0.3, -0.25) is 29.0 Å². The fourth-order valence-corrected chi connectivity index (χ4v) is 8.89. The Balaban J connectivity index is 1.32. The van der Waals surface area contributed by atoms with E-state index in [2.05, 4.69) is 4.90 Å². The van der Waals surface area contributed by atoms with E-state index in [0.717, 1.165) is 24.2 Å². The fraction of sp³-hybridized carbons (Fsp3) is 0.500. The van der Waals surface area contributed by atoms with E-state index in [1.165, 1.54) is 31.6 Å². The zero-order valence-electron chi connectivity index (χ0n) is 23.2. The predicted molar refractivity (Wildman–Crippen MR) is 145 cm³/mol. The maximum absolute atomic E-state index is 13.7. The van der Waals surface area contributed by atoms with Crippen LogP contribution in [0.3, 0.4) is 0 Å². The van der Waals surface area contributed by atoms with Crippen LogP contribution in [-0.2, 0) is 26.2 Å². The van der Waals surface area contributed by atoms with Crippen LogP contribution in [0.2, 0.25) is 0 Å². The van der Waals surface area contributed by atoms with E-state index < -0.39 is 29.1 Å². The van der Waals surface area contributed by atoms with E-state index >= 15 is 0 Å². The van der Waals surface area contributed by atoms with Crippen LogP contribution in [0.15, 0.2) is 36.4 Å². The van der Waals surface area contributed by atoms with Gasteiger partial charge >= 0.3 is 11.9 Å². The van der Waals surface area contributed by atoms with Gasteiger partial charge in [0.25, 0.3) is 11.8 Å². The highest BCUT2D eigenvalue weighted by Gasteiger charge is 2.76. The molecule has 212 valence electrons. The van der Waals surface area contributed by atoms with Crippen molar-refractivity contribution in [2.75, 3.05) is 13.1 Å². The Morgan fingerprint density at radius 3 is 2.37 bits per heavy atom. The number of nitrogens with zero attached hydrogens (tertiary/aromatic N) is 2. The lowest BCUT2D eigenvalue weighted by Crippen LogP contribution is -2.79. The number of carbonyl (C=O) groups excluding carboxylic acids is 4. The molecule has 2 aromatic rings. The van der Waals surface area contributed by atoms with E-state index in [-0.39, 0.29) is 23.8 Å². The Morgan fingerprint density at radius 2 is 1.71 bits per heavy atom. The summed E-state index contributed by atoms with van der Waals surface area (Å²) < 4.78 is 19.0. The summed E-state index contributed by atoms with van der Waals surface area (Å²) >= 11 is 0. The van der Waals surface area contributed by atoms with Crippen LogP contribution in [-0.4, -0.2) is 70.4 Å². The van der Waals surface area contributed by atoms with Crippen molar-refractivity contribution in [2.24, 2.45) is 5.92 Å². The van der Waals surface area contributed by atoms with E-state index in [4.69, 9.17) is 14.2 Å². The molecule has 1 unspecified atom stereocenters. The minimum absolute atomic E-state index is 0.0620. The number of esters is 2. The van der Waals surface area contributed by atoms with Crippen molar-refractivity contribution in [3.05, 3.63) is 58.7 Å². The van der Waals surface area contributed by atoms with Gasteiger partial charge in [0, 0.05) is 26.0 Å². The van der Waals surface area contributed by atoms with Crippen LogP contribution >= 0.6 is 0 Å². The summed E-state index contributed by atoms with van der Waals surface area (Å²) in [6.45, 7) is 4.56. The highest BCUT2D eigenvalue weighted by Crippen LogP contribution is 2.67. The molecule has 0 aromatic heterocycles. The summed E-state index contributed by atoms with van der Waals surface area (Å²) in [5.41, 5.74) is 1.06. The van der Waals surface area contributed by atoms with Crippen LogP contribution in [0.5, 0.6) is 11.5 Å². The summed E-state index contributed by atoms with van der Waals surface area (Å²) in [7, 11) is 0. The van der Waals surface area contributed by atoms with Crippen LogP contribution in [0.4, 0.5) is 0 Å². The SMILES string of the molecule is CC(=O)Oc1ccc2c3c1O[C@H]1[C@H](N4C(=O)c5ccccc5C4=O)CCC4(OC(C)=O)[C@@H](C2)N(CC2CC2)CC[C@]314. The number of hydrogen-bond acceptors (Lipinski definition) is 8. The third-order valence-electron chi connectivity index (χ3n) is 10.4. The highest BCUT2D eigenvalue weighted by atomic mass is 16.6. The van der Waals surface area contributed by atoms with Crippen molar-refractivity contribution in [1.29, 1.82) is 0 Å². The van der Waals surface area contributed by atoms with Crippen molar-refractivity contribution >= 4 is 23.8 Å². The van der Waals surface area contributed by atoms with Crippen molar-refractivity contribution in [3.63, 3.8) is 0 Å². The van der Waals surface area contributed by atoms with Gasteiger partial charge in [0.05, 0.1) is 28.6 Å². The smallest absolute Gasteiger partial charge is 0.308 e. The second-order valence-corrected chi connectivity index (χ2v) is 12.6. The molecule has 41 heavy (non-hydrogen) atoms. The highest BCUT2D eigenvalue weighted by molar-refractivity contribution is 6.21. The molecule has 9 nitrogen and oxygen atoms in total. The van der Waals surface area contributed by atoms with Gasteiger partial charge < -0.3 is 14.2 Å². The van der Waals surface area contributed by atoms with Crippen molar-refractivity contribution in [2.45, 2.75) is 81.6 Å². The summed E-state index contributed by atoms with van der Waals surface area (Å²) in [6, 6.07) is 10.0. The Hall–Kier alpha value is -3.72. The van der Waals surface area contributed by atoms with Crippen molar-refractivity contribution in [1.82, 2.24) is 9.80 Å². The number of likely N-dealkylation sites (tertiary alicyclic amines) is 1. The topological polar surface area (TPSA) is 102 Å². The largest absolute Gasteiger partial charge is 0.483 e. The summed E-state index contributed by atoms with van der Waals surface area (Å²) in [6.07, 6.45) is 4.02. The molecule has 3 aliphatic heterocycles. The summed E-state index contributed by atoms with van der Waals surface area (Å²) in [5.74, 6) is -0.0292. The van der Waals surface area contributed by atoms with E-state index in [0.29, 0.717) is 54.2 Å². The first-order valence-corrected chi connectivity index (χ1v) is 14.7. The molecule has 3 heterocycles. The molecular formula is C32H32N2O7. The maximum Gasteiger partial charge on any atom is 0.308 e. The maximum atomic E-state index is 13.7. The molecule has 2 aromatic carbocycles. The molecule has 6 aliphatic rings. The van der Waals surface area contributed by atoms with Gasteiger partial charge in [-0.05, 0) is 74.8 Å². The molecule has 1 spiro atoms. The summed E-state index contributed by atoms with van der Waals surface area (Å²) in [5, 5.41) is 0. The number of rotatable bonds is 5. The Kier molecular flexibility index (Phi) is 5.13. The van der Waals surface area contributed by atoms with E-state index in [1.54, 1.807) is 30.3 Å². The predicted octanol–water partition coefficient (Wildman–Crippen LogP) is 3.41. The molecule has 9 heteroatoms. The normalized spacial score (nSPS) is 32.7. The van der Waals surface area contributed by atoms with Crippen molar-refractivity contribution in [3.8, 4) is 11.5 Å². The molecule has 5 atom stereocenters. The first kappa shape index (κ1) is 25.0. The molecule has 0 N–H and O–H groups in total. The van der Waals surface area contributed by atoms with Gasteiger partial charge in [-0.1, -0.05) is 18.2 Å². The number of benzene rings is 2. The lowest BCUT2D eigenvalue weighted by molar-refractivity contribution is -0.221. The first-order valence-electron chi connectivity index (χ1n) is 14.7. The molecule has 2 amide bonds. The minimum atomic E-state index is -0.904. The number of hydrogen-bond donors (Lipinski definition) is 0. The van der Waals surface area contributed by atoms with E-state index in [1.807, 2.05) is 6.07 Å². The third-order valence-corrected chi connectivity index (χ3v) is 10.4. The molecule has 2 saturated carbocycles. The second-order valence-electron chi connectivity index (χ2n) is 12.6. The first-order chi connectivity index (χ1) is 19.7. The molecule has 3 aliphatic carbocycles. The second kappa shape index (κ2) is 8.41. The molecule has 3 fully saturated rings. The van der Waals surface area contributed by atoms with Gasteiger partial charge in [-0.2, -0.15) is 0 Å². The number of ether oxygens (including phenoxy) is 3. The van der Waals surface area contributed by atoms with Crippen LogP contribution < -0.4 is 9.47 Å². The van der Waals surface area contributed by atoms with Crippen LogP contribution in [0.1, 0.15) is 77.8 Å². The number of amides is 2. The van der Waals surface area contributed by atoms with Gasteiger partial charge in [0.15, 0.2) is 11.5 Å². The number of piperidine rings is 1. The lowest BCUT2D eigenvalue weighted by atomic mass is 9.48. The zero-order chi connectivity index (χ0) is 28.3. The average molecular weight is 557 g/mol. The third kappa shape index (κ3) is 3.21. The molecular weight excluding hydrogens is 524 g/mol. The Bertz CT molecular complexity index is 1510. The summed E-state index contributed by atoms with van der Waals surface area (Å²) in [4.78, 5) is 56.4. The number of carbonyl (C=O) groups is 4. The number of imide groups is 1. The molecule has 1 saturated heterocycles. The van der Waals surface area contributed by atoms with E-state index in [9.17, 15) is 19.2 Å². The molecule has 0 radical (unpaired) electrons. The van der Waals surface area contributed by atoms with Gasteiger partial charge in [0.2, 0.25) is 0 Å². The van der Waals surface area contributed by atoms with Crippen LogP contribution in [0.25, 0.3) is 0 Å². The van der Waals surface area contributed by atoms with Gasteiger partial charge in [-0.15, -0.1) is 0 Å². The quantitative estimate of drug-likeness (QED) is 0.314. The number of fused-ring (bicyclic) bond motifs is 1. The van der Waals surface area contributed by atoms with Gasteiger partial charge in [-0.25, -0.2) is 0 Å². The minimum Gasteiger partial charge on any atom is -0.483 e. The Labute approximate surface area is 237 Å². The molecule has 2 bridgehead atoms. The van der Waals surface area contributed by atoms with Crippen LogP contribution in [0, 0.1) is 5.92 Å².